The fourth-order valence-corrected chi connectivity index (χ4v) is 8.23. The van der Waals surface area contributed by atoms with Gasteiger partial charge in [0, 0.05) is 35.3 Å². The first-order valence-electron chi connectivity index (χ1n) is 16.2. The van der Waals surface area contributed by atoms with Crippen molar-refractivity contribution < 1.29 is 23.4 Å². The molecule has 1 aliphatic carbocycles. The van der Waals surface area contributed by atoms with Gasteiger partial charge in [-0.1, -0.05) is 17.7 Å². The Kier molecular flexibility index (Phi) is 7.29. The Labute approximate surface area is 275 Å². The van der Waals surface area contributed by atoms with Gasteiger partial charge in [0.15, 0.2) is 5.82 Å². The van der Waals surface area contributed by atoms with Crippen LogP contribution in [-0.4, -0.2) is 74.0 Å². The van der Waals surface area contributed by atoms with Crippen LogP contribution in [0.3, 0.4) is 0 Å². The minimum Gasteiger partial charge on any atom is -0.508 e. The predicted octanol–water partition coefficient (Wildman–Crippen LogP) is 6.35. The molecule has 4 atom stereocenters. The van der Waals surface area contributed by atoms with Crippen molar-refractivity contribution in [2.45, 2.75) is 75.7 Å². The smallest absolute Gasteiger partial charge is 0.319 e. The van der Waals surface area contributed by atoms with Gasteiger partial charge in [-0.25, -0.2) is 18.7 Å². The number of ether oxygens (including phenoxy) is 2. The molecule has 0 amide bonds. The first-order chi connectivity index (χ1) is 22.6. The third-order valence-corrected chi connectivity index (χ3v) is 10.5. The van der Waals surface area contributed by atoms with Gasteiger partial charge < -0.3 is 25.2 Å². The second-order valence-electron chi connectivity index (χ2n) is 13.4. The van der Waals surface area contributed by atoms with Gasteiger partial charge in [-0.05, 0) is 75.8 Å². The minimum atomic E-state index is -0.927. The maximum absolute atomic E-state index is 17.0. The number of benzene rings is 1. The molecule has 3 N–H and O–H groups in total. The van der Waals surface area contributed by atoms with Crippen molar-refractivity contribution in [2.75, 3.05) is 36.9 Å². The number of nitrogens with two attached hydrogens (primary N) is 1. The number of phenols is 1. The van der Waals surface area contributed by atoms with Gasteiger partial charge >= 0.3 is 6.01 Å². The largest absolute Gasteiger partial charge is 0.508 e. The summed E-state index contributed by atoms with van der Waals surface area (Å²) in [5.41, 5.74) is 7.71. The number of nitrogens with zero attached hydrogens (tertiary/aromatic N) is 6. The molecule has 0 bridgehead atoms. The van der Waals surface area contributed by atoms with E-state index in [0.717, 1.165) is 43.4 Å². The van der Waals surface area contributed by atoms with Crippen LogP contribution in [0.5, 0.6) is 17.6 Å². The first kappa shape index (κ1) is 30.3. The van der Waals surface area contributed by atoms with Crippen molar-refractivity contribution in [1.82, 2.24) is 24.8 Å². The molecule has 13 heteroatoms. The molecule has 246 valence electrons. The number of fused-ring (bicyclic) bond motifs is 1. The number of halogens is 3. The summed E-state index contributed by atoms with van der Waals surface area (Å²) in [6, 6.07) is 6.03. The number of phenolic OH excluding ortho intramolecular Hbond substituents is 1. The average Bonchev–Trinajstić information content (AvgIpc) is 3.74. The van der Waals surface area contributed by atoms with E-state index in [0.29, 0.717) is 40.6 Å². The van der Waals surface area contributed by atoms with Crippen molar-refractivity contribution in [1.29, 1.82) is 0 Å². The lowest BCUT2D eigenvalue weighted by molar-refractivity contribution is 0.107. The summed E-state index contributed by atoms with van der Waals surface area (Å²) in [7, 11) is 0. The third-order valence-electron chi connectivity index (χ3n) is 10.2. The molecule has 47 heavy (non-hydrogen) atoms. The van der Waals surface area contributed by atoms with Crippen LogP contribution in [0, 0.1) is 5.82 Å². The molecule has 1 saturated carbocycles. The molecule has 3 aliphatic heterocycles. The maximum atomic E-state index is 17.0. The standard InChI is InChI=1S/C34H36ClF2N7O3/c1-17-15-46-32-26-29(27(37)28(40-32)23-11-21(45)12-24(35)25(23)19-6-7-19)41-33(47-16-34-8-4-10-43(34)14-20(36)13-34)42-31(26)44(17)18(2)22-5-3-9-39-30(22)38/h3,5,9,11-12,17-20,45H,4,6-8,10,13-16H2,1-2H3,(H2,38,39)/t17-,18?,20+,34-/m0/s1. The van der Waals surface area contributed by atoms with Crippen molar-refractivity contribution in [3.05, 3.63) is 52.4 Å². The number of rotatable bonds is 7. The fraction of sp³-hybridized carbons (Fsp3) is 0.471. The Morgan fingerprint density at radius 2 is 2.09 bits per heavy atom. The number of alkyl halides is 1. The quantitative estimate of drug-likeness (QED) is 0.231. The summed E-state index contributed by atoms with van der Waals surface area (Å²) in [6.45, 7) is 5.53. The summed E-state index contributed by atoms with van der Waals surface area (Å²) >= 11 is 6.61. The van der Waals surface area contributed by atoms with E-state index in [2.05, 4.69) is 14.9 Å². The number of aromatic hydroxyl groups is 1. The van der Waals surface area contributed by atoms with E-state index >= 15 is 4.39 Å². The van der Waals surface area contributed by atoms with E-state index in [4.69, 9.17) is 36.8 Å². The van der Waals surface area contributed by atoms with Gasteiger partial charge in [0.05, 0.1) is 17.6 Å². The molecule has 0 radical (unpaired) electrons. The molecular formula is C34H36ClF2N7O3. The monoisotopic (exact) mass is 663 g/mol. The van der Waals surface area contributed by atoms with Crippen LogP contribution in [0.25, 0.3) is 22.2 Å². The second-order valence-corrected chi connectivity index (χ2v) is 13.8. The molecule has 8 rings (SSSR count). The zero-order valence-corrected chi connectivity index (χ0v) is 27.0. The third kappa shape index (κ3) is 5.07. The van der Waals surface area contributed by atoms with Gasteiger partial charge in [-0.2, -0.15) is 9.97 Å². The normalized spacial score (nSPS) is 24.7. The molecular weight excluding hydrogens is 628 g/mol. The van der Waals surface area contributed by atoms with E-state index in [-0.39, 0.29) is 60.1 Å². The van der Waals surface area contributed by atoms with Crippen LogP contribution < -0.4 is 20.1 Å². The number of hydrogen-bond donors (Lipinski definition) is 2. The van der Waals surface area contributed by atoms with E-state index in [1.165, 1.54) is 12.1 Å². The SMILES string of the molecule is CC(c1cccnc1N)N1c2nc(OC[C@@]34CCCN3C[C@H](F)C4)nc3c(F)c(-c4cc(O)cc(Cl)c4C4CC4)nc(c23)OC[C@@H]1C. The lowest BCUT2D eigenvalue weighted by atomic mass is 9.95. The van der Waals surface area contributed by atoms with Crippen molar-refractivity contribution >= 4 is 34.1 Å². The lowest BCUT2D eigenvalue weighted by Gasteiger charge is -2.35. The summed E-state index contributed by atoms with van der Waals surface area (Å²) in [6.07, 6.45) is 4.64. The molecule has 3 aromatic heterocycles. The summed E-state index contributed by atoms with van der Waals surface area (Å²) in [5.74, 6) is 0.242. The predicted molar refractivity (Wildman–Crippen MR) is 174 cm³/mol. The number of pyridine rings is 2. The van der Waals surface area contributed by atoms with Crippen LogP contribution in [0.1, 0.15) is 69.0 Å². The highest BCUT2D eigenvalue weighted by atomic mass is 35.5. The molecule has 1 unspecified atom stereocenters. The van der Waals surface area contributed by atoms with E-state index < -0.39 is 17.5 Å². The zero-order chi connectivity index (χ0) is 32.6. The zero-order valence-electron chi connectivity index (χ0n) is 26.2. The molecule has 0 spiro atoms. The topological polar surface area (TPSA) is 123 Å². The second kappa shape index (κ2) is 11.3. The van der Waals surface area contributed by atoms with Gasteiger partial charge in [-0.15, -0.1) is 0 Å². The Balaban J connectivity index is 1.32. The van der Waals surface area contributed by atoms with Crippen molar-refractivity contribution in [3.8, 4) is 28.9 Å². The number of hydrogen-bond acceptors (Lipinski definition) is 10. The van der Waals surface area contributed by atoms with Gasteiger partial charge in [0.2, 0.25) is 5.88 Å². The molecule has 1 aromatic carbocycles. The molecule has 6 heterocycles. The summed E-state index contributed by atoms with van der Waals surface area (Å²) < 4.78 is 44.2. The molecule has 3 fully saturated rings. The summed E-state index contributed by atoms with van der Waals surface area (Å²) in [5, 5.41) is 11.2. The van der Waals surface area contributed by atoms with Crippen LogP contribution in [0.4, 0.5) is 20.4 Å². The highest BCUT2D eigenvalue weighted by Crippen LogP contribution is 2.51. The van der Waals surface area contributed by atoms with Gasteiger partial charge in [-0.3, -0.25) is 4.90 Å². The Morgan fingerprint density at radius 3 is 2.87 bits per heavy atom. The number of aromatic nitrogens is 4. The number of nitrogen functional groups attached to an aromatic ring is 1. The van der Waals surface area contributed by atoms with Crippen LogP contribution in [-0.2, 0) is 0 Å². The van der Waals surface area contributed by atoms with Gasteiger partial charge in [0.25, 0.3) is 0 Å². The first-order valence-corrected chi connectivity index (χ1v) is 16.6. The maximum Gasteiger partial charge on any atom is 0.319 e. The van der Waals surface area contributed by atoms with Crippen LogP contribution in [0.15, 0.2) is 30.5 Å². The van der Waals surface area contributed by atoms with E-state index in [1.54, 1.807) is 6.20 Å². The van der Waals surface area contributed by atoms with Gasteiger partial charge in [0.1, 0.15) is 53.4 Å². The van der Waals surface area contributed by atoms with Crippen LogP contribution in [0.2, 0.25) is 5.02 Å². The molecule has 4 aliphatic rings. The van der Waals surface area contributed by atoms with Crippen molar-refractivity contribution in [2.24, 2.45) is 0 Å². The molecule has 2 saturated heterocycles. The average molecular weight is 664 g/mol. The Bertz CT molecular complexity index is 1900. The Hall–Kier alpha value is -4.03. The highest BCUT2D eigenvalue weighted by molar-refractivity contribution is 6.32. The lowest BCUT2D eigenvalue weighted by Crippen LogP contribution is -2.43. The van der Waals surface area contributed by atoms with E-state index in [9.17, 15) is 9.50 Å². The Morgan fingerprint density at radius 1 is 1.26 bits per heavy atom. The minimum absolute atomic E-state index is 0.0231. The summed E-state index contributed by atoms with van der Waals surface area (Å²) in [4.78, 5) is 22.7. The van der Waals surface area contributed by atoms with Crippen LogP contribution >= 0.6 is 11.6 Å². The molecule has 4 aromatic rings. The molecule has 10 nitrogen and oxygen atoms in total. The highest BCUT2D eigenvalue weighted by Gasteiger charge is 2.49. The number of anilines is 2. The fourth-order valence-electron chi connectivity index (χ4n) is 7.86. The van der Waals surface area contributed by atoms with E-state index in [1.807, 2.05) is 30.9 Å². The van der Waals surface area contributed by atoms with Crippen molar-refractivity contribution in [3.63, 3.8) is 0 Å².